The molecule has 0 aliphatic carbocycles. The Bertz CT molecular complexity index is 712. The molecule has 7 nitrogen and oxygen atoms in total. The van der Waals surface area contributed by atoms with Gasteiger partial charge in [0.2, 0.25) is 0 Å². The number of amides is 1. The molecule has 2 rings (SSSR count). The molecule has 0 saturated carbocycles. The molecule has 0 radical (unpaired) electrons. The molecule has 0 fully saturated rings. The van der Waals surface area contributed by atoms with Crippen LogP contribution < -0.4 is 10.2 Å². The lowest BCUT2D eigenvalue weighted by atomic mass is 10.2. The van der Waals surface area contributed by atoms with Crippen LogP contribution >= 0.6 is 15.9 Å². The maximum atomic E-state index is 11.7. The van der Waals surface area contributed by atoms with Gasteiger partial charge in [-0.3, -0.25) is 9.48 Å². The van der Waals surface area contributed by atoms with E-state index in [2.05, 4.69) is 31.6 Å². The number of rotatable bonds is 5. The fourth-order valence-corrected chi connectivity index (χ4v) is 2.21. The molecule has 22 heavy (non-hydrogen) atoms. The first-order valence-electron chi connectivity index (χ1n) is 6.38. The van der Waals surface area contributed by atoms with Crippen molar-refractivity contribution in [2.45, 2.75) is 13.5 Å². The highest BCUT2D eigenvalue weighted by atomic mass is 79.9. The lowest BCUT2D eigenvalue weighted by Gasteiger charge is -2.07. The third-order valence-electron chi connectivity index (χ3n) is 2.90. The first kappa shape index (κ1) is 16.0. The molecule has 1 heterocycles. The number of aryl methyl sites for hydroxylation is 1. The second-order valence-electron chi connectivity index (χ2n) is 4.47. The van der Waals surface area contributed by atoms with Gasteiger partial charge in [-0.15, -0.1) is 0 Å². The van der Waals surface area contributed by atoms with E-state index in [9.17, 15) is 9.90 Å². The van der Waals surface area contributed by atoms with Gasteiger partial charge >= 0.3 is 0 Å². The lowest BCUT2D eigenvalue weighted by Crippen LogP contribution is -2.24. The van der Waals surface area contributed by atoms with E-state index in [1.807, 2.05) is 13.0 Å². The maximum Gasteiger partial charge on any atom is 0.261 e. The van der Waals surface area contributed by atoms with Crippen LogP contribution in [0.25, 0.3) is 0 Å². The molecule has 1 amide bonds. The molecule has 0 aliphatic rings. The van der Waals surface area contributed by atoms with Crippen LogP contribution in [0.5, 0.6) is 11.5 Å². The number of nitrogens with one attached hydrogen (secondary N) is 1. The van der Waals surface area contributed by atoms with Gasteiger partial charge < -0.3 is 9.84 Å². The molecule has 0 unspecified atom stereocenters. The smallest absolute Gasteiger partial charge is 0.261 e. The van der Waals surface area contributed by atoms with Gasteiger partial charge in [0.1, 0.15) is 6.54 Å². The van der Waals surface area contributed by atoms with Gasteiger partial charge in [-0.05, 0) is 25.1 Å². The molecule has 116 valence electrons. The van der Waals surface area contributed by atoms with Crippen LogP contribution in [0, 0.1) is 6.92 Å². The number of aromatic nitrogens is 2. The maximum absolute atomic E-state index is 11.7. The monoisotopic (exact) mass is 366 g/mol. The Hall–Kier alpha value is -2.35. The van der Waals surface area contributed by atoms with Gasteiger partial charge in [0, 0.05) is 21.9 Å². The average Bonchev–Trinajstić information content (AvgIpc) is 2.87. The number of carbonyl (C=O) groups is 1. The highest BCUT2D eigenvalue weighted by Crippen LogP contribution is 2.32. The van der Waals surface area contributed by atoms with Crippen molar-refractivity contribution in [3.63, 3.8) is 0 Å². The fourth-order valence-electron chi connectivity index (χ4n) is 1.76. The second kappa shape index (κ2) is 7.08. The van der Waals surface area contributed by atoms with E-state index in [1.165, 1.54) is 13.3 Å². The van der Waals surface area contributed by atoms with Crippen LogP contribution in [-0.4, -0.2) is 34.1 Å². The number of hydrogen-bond donors (Lipinski definition) is 2. The van der Waals surface area contributed by atoms with Gasteiger partial charge in [-0.2, -0.15) is 10.2 Å². The summed E-state index contributed by atoms with van der Waals surface area (Å²) in [4.78, 5) is 11.7. The third kappa shape index (κ3) is 3.85. The number of methoxy groups -OCH3 is 1. The average molecular weight is 367 g/mol. The highest BCUT2D eigenvalue weighted by molar-refractivity contribution is 9.10. The molecule has 1 aromatic carbocycles. The predicted octanol–water partition coefficient (Wildman–Crippen LogP) is 1.82. The van der Waals surface area contributed by atoms with E-state index in [-0.39, 0.29) is 18.2 Å². The van der Waals surface area contributed by atoms with Crippen molar-refractivity contribution in [2.75, 3.05) is 7.11 Å². The summed E-state index contributed by atoms with van der Waals surface area (Å²) in [6, 6.07) is 5.10. The zero-order valence-corrected chi connectivity index (χ0v) is 13.7. The zero-order valence-electron chi connectivity index (χ0n) is 12.1. The first-order valence-corrected chi connectivity index (χ1v) is 7.17. The third-order valence-corrected chi connectivity index (χ3v) is 3.36. The predicted molar refractivity (Wildman–Crippen MR) is 85.1 cm³/mol. The molecule has 2 N–H and O–H groups in total. The number of nitrogens with zero attached hydrogens (tertiary/aromatic N) is 3. The summed E-state index contributed by atoms with van der Waals surface area (Å²) in [5.74, 6) is -0.0505. The standard InChI is InChI=1S/C14H15BrN4O3/c1-9-3-4-17-19(9)8-13(20)18-16-7-10-5-11(15)6-12(22-2)14(10)21/h3-7,21H,8H2,1-2H3,(H,18,20)/b16-7+. The first-order chi connectivity index (χ1) is 10.5. The van der Waals surface area contributed by atoms with Crippen LogP contribution in [0.1, 0.15) is 11.3 Å². The van der Waals surface area contributed by atoms with Crippen LogP contribution in [0.4, 0.5) is 0 Å². The van der Waals surface area contributed by atoms with E-state index >= 15 is 0 Å². The quantitative estimate of drug-likeness (QED) is 0.623. The molecule has 1 aromatic heterocycles. The van der Waals surface area contributed by atoms with E-state index in [1.54, 1.807) is 23.0 Å². The van der Waals surface area contributed by atoms with Crippen molar-refractivity contribution in [3.8, 4) is 11.5 Å². The van der Waals surface area contributed by atoms with Crippen molar-refractivity contribution < 1.29 is 14.6 Å². The number of ether oxygens (including phenoxy) is 1. The highest BCUT2D eigenvalue weighted by Gasteiger charge is 2.08. The minimum Gasteiger partial charge on any atom is -0.504 e. The Morgan fingerprint density at radius 1 is 1.59 bits per heavy atom. The summed E-state index contributed by atoms with van der Waals surface area (Å²) in [6.45, 7) is 1.93. The van der Waals surface area contributed by atoms with E-state index in [4.69, 9.17) is 4.74 Å². The summed E-state index contributed by atoms with van der Waals surface area (Å²) in [5.41, 5.74) is 3.68. The summed E-state index contributed by atoms with van der Waals surface area (Å²) in [5, 5.41) is 17.8. The lowest BCUT2D eigenvalue weighted by molar-refractivity contribution is -0.121. The van der Waals surface area contributed by atoms with E-state index in [0.29, 0.717) is 11.3 Å². The van der Waals surface area contributed by atoms with E-state index in [0.717, 1.165) is 10.2 Å². The molecule has 0 atom stereocenters. The number of carbonyl (C=O) groups excluding carboxylic acids is 1. The molecule has 0 bridgehead atoms. The summed E-state index contributed by atoms with van der Waals surface area (Å²) < 4.78 is 7.32. The molecule has 2 aromatic rings. The molecule has 0 spiro atoms. The van der Waals surface area contributed by atoms with Crippen LogP contribution in [0.15, 0.2) is 34.0 Å². The van der Waals surface area contributed by atoms with Crippen molar-refractivity contribution in [2.24, 2.45) is 5.10 Å². The number of benzene rings is 1. The largest absolute Gasteiger partial charge is 0.504 e. The van der Waals surface area contributed by atoms with Gasteiger partial charge in [0.15, 0.2) is 11.5 Å². The molecule has 8 heteroatoms. The molecular weight excluding hydrogens is 352 g/mol. The minimum atomic E-state index is -0.315. The Morgan fingerprint density at radius 3 is 3.00 bits per heavy atom. The second-order valence-corrected chi connectivity index (χ2v) is 5.38. The SMILES string of the molecule is COc1cc(Br)cc(/C=N/NC(=O)Cn2nccc2C)c1O. The number of phenols is 1. The van der Waals surface area contributed by atoms with Crippen LogP contribution in [0.2, 0.25) is 0 Å². The number of phenolic OH excluding ortho intramolecular Hbond substituents is 1. The topological polar surface area (TPSA) is 88.7 Å². The van der Waals surface area contributed by atoms with Gasteiger partial charge in [-0.1, -0.05) is 15.9 Å². The van der Waals surface area contributed by atoms with Crippen molar-refractivity contribution in [1.82, 2.24) is 15.2 Å². The fraction of sp³-hybridized carbons (Fsp3) is 0.214. The number of hydrogen-bond acceptors (Lipinski definition) is 5. The van der Waals surface area contributed by atoms with Crippen molar-refractivity contribution >= 4 is 28.1 Å². The summed E-state index contributed by atoms with van der Waals surface area (Å²) >= 11 is 3.30. The summed E-state index contributed by atoms with van der Waals surface area (Å²) in [7, 11) is 1.45. The minimum absolute atomic E-state index is 0.0494. The van der Waals surface area contributed by atoms with Gasteiger partial charge in [-0.25, -0.2) is 5.43 Å². The normalized spacial score (nSPS) is 10.9. The van der Waals surface area contributed by atoms with Gasteiger partial charge in [0.25, 0.3) is 5.91 Å². The Labute approximate surface area is 135 Å². The van der Waals surface area contributed by atoms with Crippen molar-refractivity contribution in [1.29, 1.82) is 0 Å². The molecule has 0 aliphatic heterocycles. The number of hydrazone groups is 1. The number of halogens is 1. The molecular formula is C14H15BrN4O3. The van der Waals surface area contributed by atoms with Crippen LogP contribution in [0.3, 0.4) is 0 Å². The Balaban J connectivity index is 2.02. The van der Waals surface area contributed by atoms with Gasteiger partial charge in [0.05, 0.1) is 13.3 Å². The van der Waals surface area contributed by atoms with Crippen LogP contribution in [-0.2, 0) is 11.3 Å². The van der Waals surface area contributed by atoms with Crippen molar-refractivity contribution in [3.05, 3.63) is 40.1 Å². The number of aromatic hydroxyl groups is 1. The molecule has 0 saturated heterocycles. The zero-order chi connectivity index (χ0) is 16.1. The Kier molecular flexibility index (Phi) is 5.16. The van der Waals surface area contributed by atoms with E-state index < -0.39 is 0 Å². The summed E-state index contributed by atoms with van der Waals surface area (Å²) in [6.07, 6.45) is 2.97. The Morgan fingerprint density at radius 2 is 2.36 bits per heavy atom.